The minimum Gasteiger partial charge on any atom is -0.373 e. The second kappa shape index (κ2) is 8.44. The van der Waals surface area contributed by atoms with Crippen LogP contribution in [0.4, 0.5) is 4.39 Å². The zero-order valence-corrected chi connectivity index (χ0v) is 18.2. The lowest BCUT2D eigenvalue weighted by atomic mass is 9.98. The van der Waals surface area contributed by atoms with Gasteiger partial charge in [0.25, 0.3) is 5.56 Å². The Morgan fingerprint density at radius 1 is 1.23 bits per heavy atom. The summed E-state index contributed by atoms with van der Waals surface area (Å²) in [4.78, 5) is 20.1. The van der Waals surface area contributed by atoms with Crippen molar-refractivity contribution in [3.8, 4) is 0 Å². The minimum atomic E-state index is -0.194. The summed E-state index contributed by atoms with van der Waals surface area (Å²) >= 11 is 1.67. The van der Waals surface area contributed by atoms with Crippen LogP contribution in [0.5, 0.6) is 0 Å². The number of thioether (sulfide) groups is 1. The number of aromatic nitrogens is 2. The van der Waals surface area contributed by atoms with Crippen LogP contribution in [0.15, 0.2) is 34.2 Å². The number of fused-ring (bicyclic) bond motifs is 3. The van der Waals surface area contributed by atoms with Crippen LogP contribution in [-0.2, 0) is 24.3 Å². The van der Waals surface area contributed by atoms with E-state index in [-0.39, 0.29) is 17.5 Å². The lowest BCUT2D eigenvalue weighted by Crippen LogP contribution is -2.46. The normalized spacial score (nSPS) is 25.6. The van der Waals surface area contributed by atoms with Crippen LogP contribution < -0.4 is 5.56 Å². The van der Waals surface area contributed by atoms with E-state index in [1.807, 2.05) is 17.6 Å². The maximum atomic E-state index is 13.9. The van der Waals surface area contributed by atoms with E-state index in [4.69, 9.17) is 4.74 Å². The zero-order chi connectivity index (χ0) is 20.7. The minimum absolute atomic E-state index is 0.151. The van der Waals surface area contributed by atoms with Gasteiger partial charge in [-0.15, -0.1) is 0 Å². The van der Waals surface area contributed by atoms with Crippen LogP contribution in [0.2, 0.25) is 0 Å². The van der Waals surface area contributed by atoms with Crippen molar-refractivity contribution in [3.63, 3.8) is 0 Å². The quantitative estimate of drug-likeness (QED) is 0.658. The molecule has 0 radical (unpaired) electrons. The molecule has 1 aromatic heterocycles. The molecular formula is C23H28FN3O2S. The molecule has 5 rings (SSSR count). The topological polar surface area (TPSA) is 47.4 Å². The fourth-order valence-corrected chi connectivity index (χ4v) is 6.28. The molecule has 2 aromatic rings. The summed E-state index contributed by atoms with van der Waals surface area (Å²) in [5.41, 5.74) is 2.54. The summed E-state index contributed by atoms with van der Waals surface area (Å²) in [6.45, 7) is 3.98. The van der Waals surface area contributed by atoms with Crippen molar-refractivity contribution in [1.29, 1.82) is 0 Å². The first-order valence-electron chi connectivity index (χ1n) is 10.9. The highest BCUT2D eigenvalue weighted by Gasteiger charge is 2.40. The summed E-state index contributed by atoms with van der Waals surface area (Å²) < 4.78 is 21.8. The lowest BCUT2D eigenvalue weighted by Gasteiger charge is -2.39. The van der Waals surface area contributed by atoms with Gasteiger partial charge in [-0.2, -0.15) is 0 Å². The van der Waals surface area contributed by atoms with E-state index in [2.05, 4.69) is 9.88 Å². The molecule has 2 saturated heterocycles. The number of halogens is 1. The third kappa shape index (κ3) is 3.83. The first-order chi connectivity index (χ1) is 14.6. The van der Waals surface area contributed by atoms with Crippen LogP contribution in [0.1, 0.15) is 42.5 Å². The van der Waals surface area contributed by atoms with Crippen molar-refractivity contribution >= 4 is 11.8 Å². The summed E-state index contributed by atoms with van der Waals surface area (Å²) in [5, 5.41) is 0.870. The molecule has 160 valence electrons. The molecule has 4 heterocycles. The molecule has 0 aliphatic carbocycles. The number of ether oxygens (including phenoxy) is 1. The van der Waals surface area contributed by atoms with E-state index in [0.29, 0.717) is 24.3 Å². The Morgan fingerprint density at radius 3 is 2.77 bits per heavy atom. The molecule has 2 bridgehead atoms. The van der Waals surface area contributed by atoms with Crippen LogP contribution in [0, 0.1) is 12.7 Å². The molecule has 1 aromatic carbocycles. The van der Waals surface area contributed by atoms with Crippen LogP contribution in [0.25, 0.3) is 0 Å². The Labute approximate surface area is 180 Å². The molecule has 0 amide bonds. The van der Waals surface area contributed by atoms with Gasteiger partial charge in [0, 0.05) is 47.7 Å². The van der Waals surface area contributed by atoms with Gasteiger partial charge in [0.2, 0.25) is 0 Å². The SMILES string of the molecule is Cc1nc2n(c(=O)c1CCN1C3CCC1CC(OCc1ccccc1F)C3)CCS2. The third-order valence-electron chi connectivity index (χ3n) is 6.87. The van der Waals surface area contributed by atoms with Crippen LogP contribution in [0.3, 0.4) is 0 Å². The molecule has 0 spiro atoms. The Hall–Kier alpha value is -1.70. The van der Waals surface area contributed by atoms with Gasteiger partial charge in [0.15, 0.2) is 5.16 Å². The number of piperidine rings is 1. The number of rotatable bonds is 6. The van der Waals surface area contributed by atoms with E-state index in [9.17, 15) is 9.18 Å². The number of nitrogens with zero attached hydrogens (tertiary/aromatic N) is 3. The second-order valence-electron chi connectivity index (χ2n) is 8.63. The monoisotopic (exact) mass is 429 g/mol. The molecule has 2 unspecified atom stereocenters. The molecule has 3 aliphatic rings. The highest BCUT2D eigenvalue weighted by molar-refractivity contribution is 7.99. The smallest absolute Gasteiger partial charge is 0.257 e. The summed E-state index contributed by atoms with van der Waals surface area (Å²) in [6.07, 6.45) is 5.28. The predicted molar refractivity (Wildman–Crippen MR) is 115 cm³/mol. The van der Waals surface area contributed by atoms with Crippen molar-refractivity contribution in [1.82, 2.24) is 14.5 Å². The van der Waals surface area contributed by atoms with E-state index in [1.165, 1.54) is 18.9 Å². The molecule has 0 N–H and O–H groups in total. The van der Waals surface area contributed by atoms with E-state index in [0.717, 1.165) is 54.5 Å². The second-order valence-corrected chi connectivity index (χ2v) is 9.69. The number of benzene rings is 1. The molecule has 30 heavy (non-hydrogen) atoms. The first-order valence-corrected chi connectivity index (χ1v) is 11.9. The average molecular weight is 430 g/mol. The number of aryl methyl sites for hydroxylation is 1. The van der Waals surface area contributed by atoms with Gasteiger partial charge in [0.1, 0.15) is 5.82 Å². The lowest BCUT2D eigenvalue weighted by molar-refractivity contribution is -0.0286. The number of hydrogen-bond acceptors (Lipinski definition) is 5. The Morgan fingerprint density at radius 2 is 2.00 bits per heavy atom. The van der Waals surface area contributed by atoms with Gasteiger partial charge in [0.05, 0.1) is 12.7 Å². The molecule has 3 aliphatic heterocycles. The number of hydrogen-bond donors (Lipinski definition) is 0. The largest absolute Gasteiger partial charge is 0.373 e. The van der Waals surface area contributed by atoms with Gasteiger partial charge in [-0.1, -0.05) is 30.0 Å². The van der Waals surface area contributed by atoms with Crippen molar-refractivity contribution in [2.45, 2.75) is 75.5 Å². The summed E-state index contributed by atoms with van der Waals surface area (Å²) in [6, 6.07) is 7.84. The van der Waals surface area contributed by atoms with Gasteiger partial charge < -0.3 is 4.74 Å². The first kappa shape index (κ1) is 20.2. The highest BCUT2D eigenvalue weighted by atomic mass is 32.2. The molecule has 2 atom stereocenters. The molecule has 0 saturated carbocycles. The van der Waals surface area contributed by atoms with Crippen LogP contribution in [-0.4, -0.2) is 44.9 Å². The van der Waals surface area contributed by atoms with Gasteiger partial charge in [-0.25, -0.2) is 9.37 Å². The fraction of sp³-hybridized carbons (Fsp3) is 0.565. The Bertz CT molecular complexity index is 981. The van der Waals surface area contributed by atoms with E-state index in [1.54, 1.807) is 23.9 Å². The van der Waals surface area contributed by atoms with Crippen molar-refractivity contribution in [2.24, 2.45) is 0 Å². The van der Waals surface area contributed by atoms with Crippen LogP contribution >= 0.6 is 11.8 Å². The summed E-state index contributed by atoms with van der Waals surface area (Å²) in [7, 11) is 0. The Balaban J connectivity index is 1.20. The van der Waals surface area contributed by atoms with Crippen molar-refractivity contribution < 1.29 is 9.13 Å². The Kier molecular flexibility index (Phi) is 5.69. The highest BCUT2D eigenvalue weighted by Crippen LogP contribution is 2.37. The molecule has 5 nitrogen and oxygen atoms in total. The van der Waals surface area contributed by atoms with E-state index < -0.39 is 0 Å². The average Bonchev–Trinajstić information content (AvgIpc) is 3.29. The predicted octanol–water partition coefficient (Wildman–Crippen LogP) is 3.55. The van der Waals surface area contributed by atoms with E-state index >= 15 is 0 Å². The standard InChI is InChI=1S/C23H28FN3O2S/c1-15-20(22(28)27-10-11-30-23(27)25-15)8-9-26-17-6-7-18(26)13-19(12-17)29-14-16-4-2-3-5-21(16)24/h2-5,17-19H,6-14H2,1H3. The molecule has 7 heteroatoms. The van der Waals surface area contributed by atoms with Gasteiger partial charge in [-0.05, 0) is 45.1 Å². The zero-order valence-electron chi connectivity index (χ0n) is 17.3. The van der Waals surface area contributed by atoms with Gasteiger partial charge in [-0.3, -0.25) is 14.3 Å². The third-order valence-corrected chi connectivity index (χ3v) is 7.83. The molecular weight excluding hydrogens is 401 g/mol. The van der Waals surface area contributed by atoms with Gasteiger partial charge >= 0.3 is 0 Å². The summed E-state index contributed by atoms with van der Waals surface area (Å²) in [5.74, 6) is 0.747. The van der Waals surface area contributed by atoms with Crippen molar-refractivity contribution in [2.75, 3.05) is 12.3 Å². The molecule has 2 fully saturated rings. The fourth-order valence-electron chi connectivity index (χ4n) is 5.29. The maximum absolute atomic E-state index is 13.9. The maximum Gasteiger partial charge on any atom is 0.257 e. The van der Waals surface area contributed by atoms with Crippen molar-refractivity contribution in [3.05, 3.63) is 57.3 Å².